The quantitative estimate of drug-likeness (QED) is 0.595. The number of aromatic nitrogens is 2. The molecule has 2 aromatic carbocycles. The molecule has 1 atom stereocenters. The zero-order valence-electron chi connectivity index (χ0n) is 16.3. The Kier molecular flexibility index (Phi) is 5.62. The molecule has 0 unspecified atom stereocenters. The monoisotopic (exact) mass is 413 g/mol. The van der Waals surface area contributed by atoms with Crippen molar-refractivity contribution >= 4 is 17.4 Å². The minimum absolute atomic E-state index is 0.0699. The fraction of sp³-hybridized carbons (Fsp3) is 0.238. The Morgan fingerprint density at radius 2 is 2.07 bits per heavy atom. The van der Waals surface area contributed by atoms with Crippen molar-refractivity contribution in [2.24, 2.45) is 7.05 Å². The number of aryl methyl sites for hydroxylation is 1. The number of ether oxygens (including phenoxy) is 1. The van der Waals surface area contributed by atoms with Gasteiger partial charge in [0.15, 0.2) is 0 Å². The number of hydrogen-bond donors (Lipinski definition) is 3. The van der Waals surface area contributed by atoms with E-state index in [0.717, 1.165) is 42.9 Å². The summed E-state index contributed by atoms with van der Waals surface area (Å²) in [4.78, 5) is 12.3. The molecule has 156 valence electrons. The summed E-state index contributed by atoms with van der Waals surface area (Å²) in [7, 11) is 1.82. The molecule has 2 heterocycles. The van der Waals surface area contributed by atoms with Gasteiger partial charge in [-0.05, 0) is 49.4 Å². The number of nitrogens with one attached hydrogen (secondary N) is 3. The van der Waals surface area contributed by atoms with Crippen molar-refractivity contribution in [1.82, 2.24) is 15.1 Å². The number of rotatable bonds is 5. The summed E-state index contributed by atoms with van der Waals surface area (Å²) in [5.74, 6) is -0.884. The van der Waals surface area contributed by atoms with Crippen LogP contribution in [0.2, 0.25) is 0 Å². The van der Waals surface area contributed by atoms with Crippen LogP contribution in [0.3, 0.4) is 0 Å². The van der Waals surface area contributed by atoms with Gasteiger partial charge in [0.05, 0.1) is 11.4 Å². The highest BCUT2D eigenvalue weighted by Gasteiger charge is 2.20. The van der Waals surface area contributed by atoms with Crippen molar-refractivity contribution in [2.75, 3.05) is 23.7 Å². The lowest BCUT2D eigenvalue weighted by Crippen LogP contribution is -2.21. The molecule has 0 bridgehead atoms. The molecule has 0 radical (unpaired) electrons. The number of urea groups is 1. The largest absolute Gasteiger partial charge is 0.488 e. The average Bonchev–Trinajstić information content (AvgIpc) is 3.37. The fourth-order valence-corrected chi connectivity index (χ4v) is 3.33. The summed E-state index contributed by atoms with van der Waals surface area (Å²) < 4.78 is 34.7. The molecule has 1 fully saturated rings. The van der Waals surface area contributed by atoms with E-state index in [9.17, 15) is 13.6 Å². The molecule has 1 aliphatic rings. The minimum atomic E-state index is -0.852. The summed E-state index contributed by atoms with van der Waals surface area (Å²) in [5, 5.41) is 12.5. The van der Waals surface area contributed by atoms with E-state index in [1.807, 2.05) is 13.1 Å². The van der Waals surface area contributed by atoms with Crippen molar-refractivity contribution in [1.29, 1.82) is 0 Å². The molecule has 0 saturated carbocycles. The van der Waals surface area contributed by atoms with Gasteiger partial charge in [0, 0.05) is 37.1 Å². The predicted octanol–water partition coefficient (Wildman–Crippen LogP) is 3.75. The maximum Gasteiger partial charge on any atom is 0.323 e. The summed E-state index contributed by atoms with van der Waals surface area (Å²) >= 11 is 0. The molecule has 1 aromatic heterocycles. The van der Waals surface area contributed by atoms with Crippen LogP contribution in [0.1, 0.15) is 6.42 Å². The first-order valence-electron chi connectivity index (χ1n) is 9.52. The number of carbonyl (C=O) groups excluding carboxylic acids is 1. The van der Waals surface area contributed by atoms with Crippen LogP contribution in [-0.2, 0) is 7.05 Å². The first-order chi connectivity index (χ1) is 14.5. The Morgan fingerprint density at radius 3 is 2.77 bits per heavy atom. The van der Waals surface area contributed by atoms with Crippen molar-refractivity contribution < 1.29 is 18.3 Å². The van der Waals surface area contributed by atoms with Crippen LogP contribution in [0.4, 0.5) is 25.0 Å². The van der Waals surface area contributed by atoms with E-state index < -0.39 is 17.7 Å². The number of carbonyl (C=O) groups is 1. The van der Waals surface area contributed by atoms with E-state index in [4.69, 9.17) is 4.74 Å². The highest BCUT2D eigenvalue weighted by atomic mass is 19.1. The Morgan fingerprint density at radius 1 is 1.20 bits per heavy atom. The Labute approximate surface area is 172 Å². The van der Waals surface area contributed by atoms with Crippen molar-refractivity contribution in [3.05, 3.63) is 60.3 Å². The van der Waals surface area contributed by atoms with Gasteiger partial charge in [0.2, 0.25) is 0 Å². The third kappa shape index (κ3) is 4.41. The SMILES string of the molecule is Cn1nccc1-c1cc(NC(=O)Nc2ccc(F)cc2F)ccc1O[C@H]1CCNC1. The van der Waals surface area contributed by atoms with Crippen LogP contribution in [0, 0.1) is 11.6 Å². The Bertz CT molecular complexity index is 1060. The molecule has 1 aliphatic heterocycles. The summed E-state index contributed by atoms with van der Waals surface area (Å²) in [6.07, 6.45) is 2.66. The van der Waals surface area contributed by atoms with Crippen LogP contribution in [0.15, 0.2) is 48.7 Å². The number of nitrogens with zero attached hydrogens (tertiary/aromatic N) is 2. The molecule has 9 heteroatoms. The standard InChI is InChI=1S/C21H21F2N5O2/c1-28-19(7-9-25-28)16-11-14(3-5-20(16)30-15-6-8-24-12-15)26-21(29)27-18-4-2-13(22)10-17(18)23/h2-5,7,9-11,15,24H,6,8,12H2,1H3,(H2,26,27,29)/t15-/m0/s1. The third-order valence-corrected chi connectivity index (χ3v) is 4.82. The maximum absolute atomic E-state index is 13.8. The molecule has 0 spiro atoms. The first-order valence-corrected chi connectivity index (χ1v) is 9.52. The lowest BCUT2D eigenvalue weighted by Gasteiger charge is -2.18. The number of hydrogen-bond acceptors (Lipinski definition) is 4. The van der Waals surface area contributed by atoms with E-state index in [0.29, 0.717) is 17.5 Å². The summed E-state index contributed by atoms with van der Waals surface area (Å²) in [6.45, 7) is 1.68. The van der Waals surface area contributed by atoms with Gasteiger partial charge in [0.1, 0.15) is 23.5 Å². The van der Waals surface area contributed by atoms with Crippen LogP contribution >= 0.6 is 0 Å². The van der Waals surface area contributed by atoms with Gasteiger partial charge in [-0.3, -0.25) is 4.68 Å². The minimum Gasteiger partial charge on any atom is -0.488 e. The van der Waals surface area contributed by atoms with E-state index in [1.54, 1.807) is 29.1 Å². The van der Waals surface area contributed by atoms with Gasteiger partial charge in [-0.25, -0.2) is 13.6 Å². The molecular weight excluding hydrogens is 392 g/mol. The molecular formula is C21H21F2N5O2. The summed E-state index contributed by atoms with van der Waals surface area (Å²) in [5.41, 5.74) is 1.97. The summed E-state index contributed by atoms with van der Waals surface area (Å²) in [6, 6.07) is 9.42. The van der Waals surface area contributed by atoms with Crippen LogP contribution in [0.25, 0.3) is 11.3 Å². The molecule has 3 aromatic rings. The highest BCUT2D eigenvalue weighted by molar-refractivity contribution is 6.00. The second-order valence-corrected chi connectivity index (χ2v) is 6.99. The predicted molar refractivity (Wildman–Crippen MR) is 110 cm³/mol. The molecule has 4 rings (SSSR count). The zero-order chi connectivity index (χ0) is 21.1. The van der Waals surface area contributed by atoms with E-state index in [2.05, 4.69) is 21.0 Å². The number of anilines is 2. The van der Waals surface area contributed by atoms with Gasteiger partial charge in [-0.1, -0.05) is 0 Å². The topological polar surface area (TPSA) is 80.2 Å². The second kappa shape index (κ2) is 8.50. The molecule has 30 heavy (non-hydrogen) atoms. The fourth-order valence-electron chi connectivity index (χ4n) is 3.33. The number of benzene rings is 2. The van der Waals surface area contributed by atoms with Crippen molar-refractivity contribution in [3.63, 3.8) is 0 Å². The smallest absolute Gasteiger partial charge is 0.323 e. The maximum atomic E-state index is 13.8. The van der Waals surface area contributed by atoms with E-state index in [1.165, 1.54) is 0 Å². The van der Waals surface area contributed by atoms with E-state index >= 15 is 0 Å². The average molecular weight is 413 g/mol. The molecule has 0 aliphatic carbocycles. The second-order valence-electron chi connectivity index (χ2n) is 6.99. The number of halogens is 2. The van der Waals surface area contributed by atoms with Gasteiger partial charge < -0.3 is 20.7 Å². The lowest BCUT2D eigenvalue weighted by atomic mass is 10.1. The zero-order valence-corrected chi connectivity index (χ0v) is 16.3. The number of amides is 2. The molecule has 7 nitrogen and oxygen atoms in total. The molecule has 2 amide bonds. The van der Waals surface area contributed by atoms with Gasteiger partial charge in [-0.15, -0.1) is 0 Å². The van der Waals surface area contributed by atoms with Crippen LogP contribution in [0.5, 0.6) is 5.75 Å². The molecule has 3 N–H and O–H groups in total. The molecule has 1 saturated heterocycles. The van der Waals surface area contributed by atoms with Gasteiger partial charge in [-0.2, -0.15) is 5.10 Å². The van der Waals surface area contributed by atoms with Gasteiger partial charge in [0.25, 0.3) is 0 Å². The van der Waals surface area contributed by atoms with Crippen LogP contribution in [-0.4, -0.2) is 35.0 Å². The Balaban J connectivity index is 1.56. The van der Waals surface area contributed by atoms with Crippen molar-refractivity contribution in [2.45, 2.75) is 12.5 Å². The van der Waals surface area contributed by atoms with Crippen LogP contribution < -0.4 is 20.7 Å². The van der Waals surface area contributed by atoms with E-state index in [-0.39, 0.29) is 11.8 Å². The van der Waals surface area contributed by atoms with Crippen molar-refractivity contribution in [3.8, 4) is 17.0 Å². The third-order valence-electron chi connectivity index (χ3n) is 4.82. The normalized spacial score (nSPS) is 15.8. The van der Waals surface area contributed by atoms with Gasteiger partial charge >= 0.3 is 6.03 Å². The highest BCUT2D eigenvalue weighted by Crippen LogP contribution is 2.33. The Hall–Kier alpha value is -3.46. The first kappa shape index (κ1) is 19.8. The lowest BCUT2D eigenvalue weighted by molar-refractivity contribution is 0.224.